The van der Waals surface area contributed by atoms with E-state index in [2.05, 4.69) is 22.8 Å². The zero-order valence-corrected chi connectivity index (χ0v) is 16.3. The normalized spacial score (nSPS) is 10.4. The fourth-order valence-corrected chi connectivity index (χ4v) is 3.96. The van der Waals surface area contributed by atoms with E-state index < -0.39 is 0 Å². The number of anilines is 1. The Morgan fingerprint density at radius 2 is 1.70 bits per heavy atom. The van der Waals surface area contributed by atoms with Gasteiger partial charge >= 0.3 is 0 Å². The van der Waals surface area contributed by atoms with Gasteiger partial charge in [0, 0.05) is 16.8 Å². The Morgan fingerprint density at radius 3 is 2.48 bits per heavy atom. The molecule has 3 rings (SSSR count). The van der Waals surface area contributed by atoms with E-state index in [0.29, 0.717) is 23.4 Å². The van der Waals surface area contributed by atoms with Crippen molar-refractivity contribution in [2.75, 3.05) is 17.6 Å². The highest BCUT2D eigenvalue weighted by molar-refractivity contribution is 7.99. The molecule has 2 N–H and O–H groups in total. The Bertz CT molecular complexity index is 880. The molecule has 4 nitrogen and oxygen atoms in total. The number of thioether (sulfide) groups is 1. The number of nitrogens with one attached hydrogen (secondary N) is 2. The highest BCUT2D eigenvalue weighted by Crippen LogP contribution is 2.18. The van der Waals surface area contributed by atoms with Gasteiger partial charge in [-0.25, -0.2) is 0 Å². The predicted molar refractivity (Wildman–Crippen MR) is 113 cm³/mol. The van der Waals surface area contributed by atoms with Crippen molar-refractivity contribution in [3.63, 3.8) is 0 Å². The molecule has 2 amide bonds. The molecule has 138 valence electrons. The first-order valence-corrected chi connectivity index (χ1v) is 10.6. The summed E-state index contributed by atoms with van der Waals surface area (Å²) in [7, 11) is 0. The summed E-state index contributed by atoms with van der Waals surface area (Å²) < 4.78 is 0. The van der Waals surface area contributed by atoms with Gasteiger partial charge in [-0.15, -0.1) is 11.8 Å². The van der Waals surface area contributed by atoms with Gasteiger partial charge in [-0.05, 0) is 47.9 Å². The quantitative estimate of drug-likeness (QED) is 0.420. The first kappa shape index (κ1) is 19.2. The van der Waals surface area contributed by atoms with Crippen molar-refractivity contribution in [1.82, 2.24) is 5.32 Å². The van der Waals surface area contributed by atoms with Crippen LogP contribution in [0.25, 0.3) is 0 Å². The largest absolute Gasteiger partial charge is 0.352 e. The molecule has 3 aromatic rings. The lowest BCUT2D eigenvalue weighted by molar-refractivity contribution is 0.0954. The van der Waals surface area contributed by atoms with Crippen molar-refractivity contribution in [1.29, 1.82) is 0 Å². The average molecular weight is 397 g/mol. The molecule has 1 aromatic heterocycles. The van der Waals surface area contributed by atoms with Crippen LogP contribution in [0.3, 0.4) is 0 Å². The summed E-state index contributed by atoms with van der Waals surface area (Å²) in [4.78, 5) is 26.0. The molecule has 0 saturated carbocycles. The fourth-order valence-electron chi connectivity index (χ4n) is 2.45. The number of amides is 2. The summed E-state index contributed by atoms with van der Waals surface area (Å²) in [6, 6.07) is 19.0. The summed E-state index contributed by atoms with van der Waals surface area (Å²) in [6.45, 7) is 0.589. The van der Waals surface area contributed by atoms with Crippen LogP contribution in [-0.4, -0.2) is 24.1 Å². The summed E-state index contributed by atoms with van der Waals surface area (Å²) in [5.41, 5.74) is 1.58. The van der Waals surface area contributed by atoms with Crippen LogP contribution in [0, 0.1) is 0 Å². The number of rotatable bonds is 8. The molecule has 0 fully saturated rings. The van der Waals surface area contributed by atoms with Crippen LogP contribution in [0.2, 0.25) is 0 Å². The smallest absolute Gasteiger partial charge is 0.256 e. The van der Waals surface area contributed by atoms with E-state index in [1.807, 2.05) is 23.6 Å². The Balaban J connectivity index is 1.50. The standard InChI is InChI=1S/C21H20N2O2S2/c24-20(16-11-14-26-15-16)23-19-10-5-4-9-18(19)21(25)22-12-6-13-27-17-7-2-1-3-8-17/h1-5,7-11,14-15H,6,12-13H2,(H,22,25)(H,23,24). The number of benzene rings is 2. The highest BCUT2D eigenvalue weighted by Gasteiger charge is 2.13. The molecule has 2 aromatic carbocycles. The van der Waals surface area contributed by atoms with Gasteiger partial charge in [0.05, 0.1) is 16.8 Å². The molecule has 0 saturated heterocycles. The SMILES string of the molecule is O=C(Nc1ccccc1C(=O)NCCCSc1ccccc1)c1ccsc1. The Morgan fingerprint density at radius 1 is 0.926 bits per heavy atom. The van der Waals surface area contributed by atoms with Crippen LogP contribution in [-0.2, 0) is 0 Å². The third kappa shape index (κ3) is 5.70. The molecule has 0 aliphatic carbocycles. The summed E-state index contributed by atoms with van der Waals surface area (Å²) in [5.74, 6) is 0.539. The van der Waals surface area contributed by atoms with Gasteiger partial charge in [0.1, 0.15) is 0 Å². The minimum atomic E-state index is -0.212. The lowest BCUT2D eigenvalue weighted by Crippen LogP contribution is -2.26. The van der Waals surface area contributed by atoms with Crippen LogP contribution < -0.4 is 10.6 Å². The molecule has 0 spiro atoms. The maximum absolute atomic E-state index is 12.5. The van der Waals surface area contributed by atoms with Crippen molar-refractivity contribution >= 4 is 40.6 Å². The van der Waals surface area contributed by atoms with Crippen LogP contribution in [0.4, 0.5) is 5.69 Å². The molecule has 1 heterocycles. The van der Waals surface area contributed by atoms with Crippen molar-refractivity contribution in [3.8, 4) is 0 Å². The second-order valence-corrected chi connectivity index (χ2v) is 7.73. The number of hydrogen-bond donors (Lipinski definition) is 2. The van der Waals surface area contributed by atoms with E-state index in [1.54, 1.807) is 47.5 Å². The molecule has 0 bridgehead atoms. The van der Waals surface area contributed by atoms with Gasteiger partial charge in [0.2, 0.25) is 0 Å². The molecule has 6 heteroatoms. The highest BCUT2D eigenvalue weighted by atomic mass is 32.2. The van der Waals surface area contributed by atoms with E-state index in [1.165, 1.54) is 16.2 Å². The van der Waals surface area contributed by atoms with Crippen molar-refractivity contribution < 1.29 is 9.59 Å². The third-order valence-electron chi connectivity index (χ3n) is 3.82. The molecule has 0 atom stereocenters. The Kier molecular flexibility index (Phi) is 7.07. The molecular weight excluding hydrogens is 376 g/mol. The van der Waals surface area contributed by atoms with E-state index in [0.717, 1.165) is 12.2 Å². The lowest BCUT2D eigenvalue weighted by Gasteiger charge is -2.11. The van der Waals surface area contributed by atoms with Crippen molar-refractivity contribution in [2.24, 2.45) is 0 Å². The van der Waals surface area contributed by atoms with Crippen LogP contribution in [0.5, 0.6) is 0 Å². The van der Waals surface area contributed by atoms with Crippen LogP contribution >= 0.6 is 23.1 Å². The number of carbonyl (C=O) groups excluding carboxylic acids is 2. The first-order valence-electron chi connectivity index (χ1n) is 8.62. The molecule has 0 aliphatic heterocycles. The molecule has 27 heavy (non-hydrogen) atoms. The summed E-state index contributed by atoms with van der Waals surface area (Å²) in [5, 5.41) is 9.38. The Hall–Kier alpha value is -2.57. The van der Waals surface area contributed by atoms with E-state index in [9.17, 15) is 9.59 Å². The van der Waals surface area contributed by atoms with Crippen LogP contribution in [0.1, 0.15) is 27.1 Å². The lowest BCUT2D eigenvalue weighted by atomic mass is 10.1. The van der Waals surface area contributed by atoms with Crippen molar-refractivity contribution in [3.05, 3.63) is 82.6 Å². The average Bonchev–Trinajstić information content (AvgIpc) is 3.24. The monoisotopic (exact) mass is 396 g/mol. The summed E-state index contributed by atoms with van der Waals surface area (Å²) in [6.07, 6.45) is 0.870. The molecule has 0 radical (unpaired) electrons. The van der Waals surface area contributed by atoms with E-state index in [-0.39, 0.29) is 11.8 Å². The molecule has 0 aliphatic rings. The number of hydrogen-bond acceptors (Lipinski definition) is 4. The summed E-state index contributed by atoms with van der Waals surface area (Å²) >= 11 is 3.23. The Labute approximate surface area is 167 Å². The van der Waals surface area contributed by atoms with E-state index in [4.69, 9.17) is 0 Å². The maximum Gasteiger partial charge on any atom is 0.256 e. The van der Waals surface area contributed by atoms with Gasteiger partial charge in [-0.3, -0.25) is 9.59 Å². The topological polar surface area (TPSA) is 58.2 Å². The maximum atomic E-state index is 12.5. The van der Waals surface area contributed by atoms with Gasteiger partial charge in [0.25, 0.3) is 11.8 Å². The molecule has 0 unspecified atom stereocenters. The zero-order valence-electron chi connectivity index (χ0n) is 14.7. The number of thiophene rings is 1. The number of para-hydroxylation sites is 1. The van der Waals surface area contributed by atoms with E-state index >= 15 is 0 Å². The minimum absolute atomic E-state index is 0.180. The second kappa shape index (κ2) is 9.94. The molecular formula is C21H20N2O2S2. The van der Waals surface area contributed by atoms with Crippen LogP contribution in [0.15, 0.2) is 76.3 Å². The minimum Gasteiger partial charge on any atom is -0.352 e. The fraction of sp³-hybridized carbons (Fsp3) is 0.143. The van der Waals surface area contributed by atoms with Gasteiger partial charge < -0.3 is 10.6 Å². The van der Waals surface area contributed by atoms with Gasteiger partial charge in [-0.2, -0.15) is 11.3 Å². The van der Waals surface area contributed by atoms with Gasteiger partial charge in [-0.1, -0.05) is 30.3 Å². The first-order chi connectivity index (χ1) is 13.2. The zero-order chi connectivity index (χ0) is 18.9. The number of carbonyl (C=O) groups is 2. The third-order valence-corrected chi connectivity index (χ3v) is 5.60. The van der Waals surface area contributed by atoms with Crippen molar-refractivity contribution in [2.45, 2.75) is 11.3 Å². The second-order valence-electron chi connectivity index (χ2n) is 5.78. The van der Waals surface area contributed by atoms with Gasteiger partial charge in [0.15, 0.2) is 0 Å². The predicted octanol–water partition coefficient (Wildman–Crippen LogP) is 4.91.